The quantitative estimate of drug-likeness (QED) is 0.0964. The first-order valence-corrected chi connectivity index (χ1v) is 44.2. The van der Waals surface area contributed by atoms with E-state index in [9.17, 15) is 0 Å². The van der Waals surface area contributed by atoms with E-state index in [4.69, 9.17) is 23.8 Å². The molecular formula is C123H77N5O2. The third-order valence-electron chi connectivity index (χ3n) is 25.9. The fourth-order valence-electron chi connectivity index (χ4n) is 19.6. The van der Waals surface area contributed by atoms with Crippen LogP contribution in [0, 0.1) is 0 Å². The van der Waals surface area contributed by atoms with E-state index in [0.29, 0.717) is 17.5 Å². The molecule has 0 aliphatic heterocycles. The van der Waals surface area contributed by atoms with Gasteiger partial charge in [0, 0.05) is 71.2 Å². The normalized spacial score (nSPS) is 11.7. The molecule has 0 saturated heterocycles. The summed E-state index contributed by atoms with van der Waals surface area (Å²) in [4.78, 5) is 17.0. The van der Waals surface area contributed by atoms with Gasteiger partial charge in [0.05, 0.1) is 22.1 Å². The molecule has 25 rings (SSSR count). The van der Waals surface area contributed by atoms with Gasteiger partial charge in [-0.15, -0.1) is 0 Å². The molecule has 0 radical (unpaired) electrons. The summed E-state index contributed by atoms with van der Waals surface area (Å²) in [5.74, 6) is 1.52. The van der Waals surface area contributed by atoms with Crippen molar-refractivity contribution in [3.8, 4) is 168 Å². The molecule has 5 aromatic heterocycles. The molecule has 130 heavy (non-hydrogen) atoms. The average molecular weight is 1660 g/mol. The Labute approximate surface area is 750 Å². The molecule has 25 aromatic rings. The molecule has 0 aliphatic rings. The number of hydrogen-bond acceptors (Lipinski definition) is 5. The van der Waals surface area contributed by atoms with Crippen LogP contribution >= 0.6 is 0 Å². The summed E-state index contributed by atoms with van der Waals surface area (Å²) >= 11 is 0. The van der Waals surface area contributed by atoms with E-state index in [1.165, 1.54) is 55.3 Å². The number of nitrogens with zero attached hydrogens (tertiary/aromatic N) is 5. The van der Waals surface area contributed by atoms with Crippen molar-refractivity contribution in [1.29, 1.82) is 0 Å². The number of fused-ring (bicyclic) bond motifs is 12. The molecule has 7 heteroatoms. The largest absolute Gasteiger partial charge is 0.456 e. The Kier molecular flexibility index (Phi) is 18.1. The molecule has 0 amide bonds. The van der Waals surface area contributed by atoms with Crippen LogP contribution in [-0.4, -0.2) is 24.1 Å². The topological polar surface area (TPSA) is 74.8 Å². The van der Waals surface area contributed by atoms with Gasteiger partial charge >= 0.3 is 0 Å². The minimum atomic E-state index is 0.500. The van der Waals surface area contributed by atoms with Crippen molar-refractivity contribution in [3.05, 3.63) is 467 Å². The maximum atomic E-state index is 6.93. The zero-order valence-corrected chi connectivity index (χ0v) is 70.5. The van der Waals surface area contributed by atoms with Crippen molar-refractivity contribution in [3.63, 3.8) is 0 Å². The van der Waals surface area contributed by atoms with Gasteiger partial charge in [-0.05, 0) is 280 Å². The lowest BCUT2D eigenvalue weighted by atomic mass is 9.93. The lowest BCUT2D eigenvalue weighted by Crippen LogP contribution is -2.01. The Morgan fingerprint density at radius 1 is 0.146 bits per heavy atom. The van der Waals surface area contributed by atoms with Crippen molar-refractivity contribution in [2.75, 3.05) is 0 Å². The zero-order valence-electron chi connectivity index (χ0n) is 70.5. The van der Waals surface area contributed by atoms with Crippen LogP contribution < -0.4 is 0 Å². The van der Waals surface area contributed by atoms with Gasteiger partial charge < -0.3 is 18.0 Å². The van der Waals surface area contributed by atoms with Gasteiger partial charge in [-0.2, -0.15) is 0 Å². The van der Waals surface area contributed by atoms with E-state index in [1.807, 2.05) is 12.1 Å². The highest BCUT2D eigenvalue weighted by Gasteiger charge is 2.25. The minimum Gasteiger partial charge on any atom is -0.456 e. The summed E-state index contributed by atoms with van der Waals surface area (Å²) in [7, 11) is 0. The highest BCUT2D eigenvalue weighted by molar-refractivity contribution is 6.17. The first kappa shape index (κ1) is 75.2. The van der Waals surface area contributed by atoms with Gasteiger partial charge in [0.15, 0.2) is 17.5 Å². The molecule has 0 bridgehead atoms. The molecule has 0 spiro atoms. The predicted octanol–water partition coefficient (Wildman–Crippen LogP) is 33.2. The molecule has 0 saturated carbocycles. The Bertz CT molecular complexity index is 8170. The molecule has 5 heterocycles. The molecule has 606 valence electrons. The maximum Gasteiger partial charge on any atom is 0.164 e. The van der Waals surface area contributed by atoms with Crippen LogP contribution in [0.1, 0.15) is 0 Å². The Hall–Kier alpha value is -17.4. The van der Waals surface area contributed by atoms with E-state index < -0.39 is 0 Å². The Balaban J connectivity index is 0.615. The lowest BCUT2D eigenvalue weighted by molar-refractivity contribution is 0.668. The van der Waals surface area contributed by atoms with Gasteiger partial charge in [0.1, 0.15) is 22.3 Å². The molecule has 0 atom stereocenters. The summed E-state index contributed by atoms with van der Waals surface area (Å²) in [6, 6.07) is 168. The van der Waals surface area contributed by atoms with Crippen LogP contribution in [0.4, 0.5) is 0 Å². The summed E-state index contributed by atoms with van der Waals surface area (Å²) in [5, 5.41) is 8.33. The molecule has 0 unspecified atom stereocenters. The van der Waals surface area contributed by atoms with E-state index in [0.717, 1.165) is 183 Å². The fourth-order valence-corrected chi connectivity index (χ4v) is 19.6. The van der Waals surface area contributed by atoms with Crippen LogP contribution in [0.3, 0.4) is 0 Å². The number of benzene rings is 20. The van der Waals surface area contributed by atoms with Crippen LogP contribution in [0.15, 0.2) is 476 Å². The SMILES string of the molecule is c1ccc(-c2cc(-c3ccccc3)cc(-c3cccc(-c4nc(-c5cccc6oc7ccc(-c8ccc9c(c8)c8ccccc8n9-c8cccc(-c9cc(-c%10ccccc%10)cc(-c%10ccccc%10)c9)c8)cc7c56)nc(-c5cccc6oc7ccc(-c8ccc9c(c8)c8ccccc8n9-c8cccc(-c9cc(-c%10ccccc%10)cc(-c%10ccccc%10)c9)c8)cc7c56)n4)c3)c2)cc1. The van der Waals surface area contributed by atoms with Crippen molar-refractivity contribution >= 4 is 87.5 Å². The van der Waals surface area contributed by atoms with Gasteiger partial charge in [0.25, 0.3) is 0 Å². The minimum absolute atomic E-state index is 0.500. The number of furan rings is 2. The third-order valence-corrected chi connectivity index (χ3v) is 25.9. The predicted molar refractivity (Wildman–Crippen MR) is 539 cm³/mol. The van der Waals surface area contributed by atoms with Gasteiger partial charge in [-0.3, -0.25) is 0 Å². The summed E-state index contributed by atoms with van der Waals surface area (Å²) in [6.45, 7) is 0. The summed E-state index contributed by atoms with van der Waals surface area (Å²) < 4.78 is 18.7. The lowest BCUT2D eigenvalue weighted by Gasteiger charge is -2.14. The highest BCUT2D eigenvalue weighted by atomic mass is 16.3. The van der Waals surface area contributed by atoms with E-state index in [-0.39, 0.29) is 0 Å². The van der Waals surface area contributed by atoms with Crippen LogP contribution in [0.2, 0.25) is 0 Å². The van der Waals surface area contributed by atoms with Crippen molar-refractivity contribution in [2.45, 2.75) is 0 Å². The first-order valence-electron chi connectivity index (χ1n) is 44.2. The highest BCUT2D eigenvalue weighted by Crippen LogP contribution is 2.47. The maximum absolute atomic E-state index is 6.93. The second-order valence-electron chi connectivity index (χ2n) is 33.7. The van der Waals surface area contributed by atoms with Crippen molar-refractivity contribution < 1.29 is 8.83 Å². The molecule has 20 aromatic carbocycles. The standard InChI is InChI=1S/C123H77N5O2/c1-7-28-78(29-8-1)92-63-93(79-30-9-2-10-31-79)67-98(66-92)84-40-23-43-91(62-84)121-124-122(105-48-26-52-117-119(105)109-76-89(56-60-115(109)129-117)87-54-58-113-107(74-87)103-46-19-21-50-111(103)127(113)101-44-24-41-85(72-101)99-68-94(80-32-11-3-12-33-80)64-95(69-99)81-34-13-4-14-35-81)126-123(125-121)106-49-27-53-118-120(106)110-77-90(57-61-116(110)130-118)88-55-59-114-108(75-88)104-47-20-22-51-112(104)128(114)102-45-25-42-86(73-102)100-70-96(82-36-15-5-16-37-82)65-97(71-100)83-38-17-6-18-39-83/h1-77H. The van der Waals surface area contributed by atoms with Gasteiger partial charge in [-0.25, -0.2) is 15.0 Å². The third kappa shape index (κ3) is 13.4. The monoisotopic (exact) mass is 1660 g/mol. The Morgan fingerprint density at radius 3 is 0.762 bits per heavy atom. The summed E-state index contributed by atoms with van der Waals surface area (Å²) in [6.07, 6.45) is 0. The summed E-state index contributed by atoms with van der Waals surface area (Å²) in [5.41, 5.74) is 36.9. The Morgan fingerprint density at radius 2 is 0.400 bits per heavy atom. The molecule has 7 nitrogen and oxygen atoms in total. The average Bonchev–Trinajstić information content (AvgIpc) is 1.33. The second-order valence-corrected chi connectivity index (χ2v) is 33.7. The van der Waals surface area contributed by atoms with Crippen molar-refractivity contribution in [2.24, 2.45) is 0 Å². The zero-order chi connectivity index (χ0) is 85.7. The van der Waals surface area contributed by atoms with E-state index >= 15 is 0 Å². The number of aromatic nitrogens is 5. The molecule has 0 N–H and O–H groups in total. The van der Waals surface area contributed by atoms with E-state index in [1.54, 1.807) is 0 Å². The van der Waals surface area contributed by atoms with E-state index in [2.05, 4.69) is 464 Å². The second kappa shape index (κ2) is 31.4. The molecule has 0 aliphatic carbocycles. The molecular weight excluding hydrogens is 1580 g/mol. The number of para-hydroxylation sites is 2. The van der Waals surface area contributed by atoms with Gasteiger partial charge in [0.2, 0.25) is 0 Å². The first-order chi connectivity index (χ1) is 64.4. The van der Waals surface area contributed by atoms with Crippen LogP contribution in [0.25, 0.3) is 255 Å². The fraction of sp³-hybridized carbons (Fsp3) is 0. The van der Waals surface area contributed by atoms with Crippen LogP contribution in [-0.2, 0) is 0 Å². The smallest absolute Gasteiger partial charge is 0.164 e. The van der Waals surface area contributed by atoms with Crippen molar-refractivity contribution in [1.82, 2.24) is 24.1 Å². The number of rotatable bonds is 16. The van der Waals surface area contributed by atoms with Crippen LogP contribution in [0.5, 0.6) is 0 Å². The van der Waals surface area contributed by atoms with Gasteiger partial charge in [-0.1, -0.05) is 309 Å². The number of hydrogen-bond donors (Lipinski definition) is 0. The molecule has 0 fully saturated rings.